The van der Waals surface area contributed by atoms with Crippen LogP contribution < -0.4 is 0 Å². The largest absolute Gasteiger partial charge is 0.461 e. The maximum atomic E-state index is 12.7. The molecule has 180 valence electrons. The Labute approximate surface area is 191 Å². The summed E-state index contributed by atoms with van der Waals surface area (Å²) in [6.45, 7) is 5.94. The van der Waals surface area contributed by atoms with Gasteiger partial charge >= 0.3 is 18.1 Å². The molecule has 1 N–H and O–H groups in total. The third-order valence-corrected chi connectivity index (χ3v) is 5.05. The first-order valence-corrected chi connectivity index (χ1v) is 10.1. The first-order chi connectivity index (χ1) is 16.0. The fourth-order valence-electron chi connectivity index (χ4n) is 3.38. The highest BCUT2D eigenvalue weighted by Gasteiger charge is 2.31. The standard InChI is InChI=1S/C22H21F3N4O5/c1-5-33-21(32)19-11(2)18(12(3)28-19)16(30)10-34-20(31)15-9-27-29(13(15)4)17-7-6-14(8-26-17)22(23,24)25/h6-9,28H,5,10H2,1-4H3. The van der Waals surface area contributed by atoms with E-state index in [0.717, 1.165) is 12.1 Å². The molecule has 0 bridgehead atoms. The van der Waals surface area contributed by atoms with Crippen molar-refractivity contribution < 1.29 is 37.0 Å². The van der Waals surface area contributed by atoms with E-state index < -0.39 is 36.1 Å². The van der Waals surface area contributed by atoms with E-state index in [4.69, 9.17) is 9.47 Å². The Morgan fingerprint density at radius 2 is 1.76 bits per heavy atom. The number of carbonyl (C=O) groups excluding carboxylic acids is 3. The number of pyridine rings is 1. The van der Waals surface area contributed by atoms with Crippen molar-refractivity contribution in [3.63, 3.8) is 0 Å². The molecule has 0 saturated heterocycles. The number of Topliss-reactive ketones (excluding diaryl/α,β-unsaturated/α-hetero) is 1. The lowest BCUT2D eigenvalue weighted by atomic mass is 10.1. The van der Waals surface area contributed by atoms with Crippen LogP contribution in [0.4, 0.5) is 13.2 Å². The zero-order chi connectivity index (χ0) is 25.2. The molecule has 0 unspecified atom stereocenters. The Hall–Kier alpha value is -3.96. The number of aromatic nitrogens is 4. The molecule has 3 heterocycles. The van der Waals surface area contributed by atoms with Crippen molar-refractivity contribution in [1.29, 1.82) is 0 Å². The number of esters is 2. The smallest absolute Gasteiger partial charge is 0.417 e. The lowest BCUT2D eigenvalue weighted by Gasteiger charge is -2.08. The second-order valence-corrected chi connectivity index (χ2v) is 7.30. The molecule has 0 fully saturated rings. The topological polar surface area (TPSA) is 116 Å². The van der Waals surface area contributed by atoms with E-state index in [0.29, 0.717) is 17.5 Å². The summed E-state index contributed by atoms with van der Waals surface area (Å²) in [7, 11) is 0. The third kappa shape index (κ3) is 4.85. The van der Waals surface area contributed by atoms with E-state index in [-0.39, 0.29) is 34.9 Å². The fraction of sp³-hybridized carbons (Fsp3) is 0.318. The van der Waals surface area contributed by atoms with Crippen molar-refractivity contribution in [2.24, 2.45) is 0 Å². The van der Waals surface area contributed by atoms with Gasteiger partial charge in [0.25, 0.3) is 0 Å². The van der Waals surface area contributed by atoms with E-state index in [1.54, 1.807) is 20.8 Å². The van der Waals surface area contributed by atoms with Gasteiger partial charge in [-0.25, -0.2) is 19.3 Å². The molecule has 0 aliphatic carbocycles. The van der Waals surface area contributed by atoms with Gasteiger partial charge in [0, 0.05) is 17.5 Å². The van der Waals surface area contributed by atoms with Crippen LogP contribution in [0.5, 0.6) is 0 Å². The summed E-state index contributed by atoms with van der Waals surface area (Å²) < 4.78 is 49.5. The molecule has 12 heteroatoms. The Kier molecular flexibility index (Phi) is 6.89. The summed E-state index contributed by atoms with van der Waals surface area (Å²) in [6, 6.07) is 1.98. The average Bonchev–Trinajstić information content (AvgIpc) is 3.30. The van der Waals surface area contributed by atoms with E-state index >= 15 is 0 Å². The summed E-state index contributed by atoms with van der Waals surface area (Å²) in [4.78, 5) is 43.8. The van der Waals surface area contributed by atoms with Gasteiger partial charge in [0.15, 0.2) is 12.4 Å². The van der Waals surface area contributed by atoms with Gasteiger partial charge in [0.1, 0.15) is 11.3 Å². The zero-order valence-corrected chi connectivity index (χ0v) is 18.7. The third-order valence-electron chi connectivity index (χ3n) is 5.05. The maximum absolute atomic E-state index is 12.7. The van der Waals surface area contributed by atoms with Crippen molar-refractivity contribution in [3.8, 4) is 5.82 Å². The van der Waals surface area contributed by atoms with E-state index in [2.05, 4.69) is 15.1 Å². The fourth-order valence-corrected chi connectivity index (χ4v) is 3.38. The predicted molar refractivity (Wildman–Crippen MR) is 112 cm³/mol. The van der Waals surface area contributed by atoms with Crippen LogP contribution in [0.2, 0.25) is 0 Å². The molecule has 3 aromatic heterocycles. The molecule has 0 saturated carbocycles. The number of hydrogen-bond donors (Lipinski definition) is 1. The lowest BCUT2D eigenvalue weighted by Crippen LogP contribution is -2.16. The van der Waals surface area contributed by atoms with Gasteiger partial charge < -0.3 is 14.5 Å². The first-order valence-electron chi connectivity index (χ1n) is 10.1. The van der Waals surface area contributed by atoms with Crippen LogP contribution in [0.25, 0.3) is 5.82 Å². The normalized spacial score (nSPS) is 11.4. The summed E-state index contributed by atoms with van der Waals surface area (Å²) in [5, 5.41) is 3.98. The Bertz CT molecular complexity index is 1240. The minimum atomic E-state index is -4.53. The zero-order valence-electron chi connectivity index (χ0n) is 18.7. The molecule has 0 amide bonds. The number of aryl methyl sites for hydroxylation is 1. The number of hydrogen-bond acceptors (Lipinski definition) is 7. The number of ketones is 1. The van der Waals surface area contributed by atoms with Gasteiger partial charge in [-0.3, -0.25) is 4.79 Å². The molecular weight excluding hydrogens is 457 g/mol. The highest BCUT2D eigenvalue weighted by atomic mass is 19.4. The van der Waals surface area contributed by atoms with E-state index in [1.807, 2.05) is 0 Å². The minimum absolute atomic E-state index is 0.0178. The molecule has 3 rings (SSSR count). The first kappa shape index (κ1) is 24.7. The van der Waals surface area contributed by atoms with Crippen molar-refractivity contribution in [1.82, 2.24) is 19.7 Å². The number of halogens is 3. The van der Waals surface area contributed by atoms with Crippen molar-refractivity contribution in [2.45, 2.75) is 33.9 Å². The monoisotopic (exact) mass is 478 g/mol. The molecular formula is C22H21F3N4O5. The predicted octanol–water partition coefficient (Wildman–Crippen LogP) is 3.76. The van der Waals surface area contributed by atoms with Crippen molar-refractivity contribution in [2.75, 3.05) is 13.2 Å². The highest BCUT2D eigenvalue weighted by molar-refractivity contribution is 6.04. The van der Waals surface area contributed by atoms with Crippen LogP contribution >= 0.6 is 0 Å². The molecule has 9 nitrogen and oxygen atoms in total. The maximum Gasteiger partial charge on any atom is 0.417 e. The van der Waals surface area contributed by atoms with Gasteiger partial charge in [0.05, 0.1) is 24.1 Å². The number of carbonyl (C=O) groups is 3. The Balaban J connectivity index is 1.72. The number of nitrogens with zero attached hydrogens (tertiary/aromatic N) is 3. The molecule has 0 radical (unpaired) electrons. The van der Waals surface area contributed by atoms with Crippen molar-refractivity contribution >= 4 is 17.7 Å². The van der Waals surface area contributed by atoms with Crippen LogP contribution in [0.15, 0.2) is 24.5 Å². The number of nitrogens with one attached hydrogen (secondary N) is 1. The van der Waals surface area contributed by atoms with Gasteiger partial charge in [0.2, 0.25) is 5.78 Å². The van der Waals surface area contributed by atoms with Gasteiger partial charge in [-0.2, -0.15) is 18.3 Å². The molecule has 0 atom stereocenters. The highest BCUT2D eigenvalue weighted by Crippen LogP contribution is 2.29. The summed E-state index contributed by atoms with van der Waals surface area (Å²) in [5.74, 6) is -1.89. The second-order valence-electron chi connectivity index (χ2n) is 7.30. The summed E-state index contributed by atoms with van der Waals surface area (Å²) >= 11 is 0. The molecule has 0 spiro atoms. The Morgan fingerprint density at radius 1 is 1.06 bits per heavy atom. The lowest BCUT2D eigenvalue weighted by molar-refractivity contribution is -0.137. The number of H-pyrrole nitrogens is 1. The molecule has 0 aliphatic heterocycles. The number of aromatic amines is 1. The van der Waals surface area contributed by atoms with Crippen LogP contribution in [0.1, 0.15) is 60.6 Å². The molecule has 34 heavy (non-hydrogen) atoms. The van der Waals surface area contributed by atoms with Crippen molar-refractivity contribution in [3.05, 3.63) is 63.9 Å². The molecule has 0 aromatic carbocycles. The summed E-state index contributed by atoms with van der Waals surface area (Å²) in [6.07, 6.45) is -2.69. The second kappa shape index (κ2) is 9.49. The van der Waals surface area contributed by atoms with Crippen LogP contribution in [-0.2, 0) is 15.7 Å². The number of ether oxygens (including phenoxy) is 2. The van der Waals surface area contributed by atoms with E-state index in [1.165, 1.54) is 17.8 Å². The van der Waals surface area contributed by atoms with Gasteiger partial charge in [-0.1, -0.05) is 0 Å². The average molecular weight is 478 g/mol. The number of rotatable bonds is 7. The van der Waals surface area contributed by atoms with Gasteiger partial charge in [-0.05, 0) is 45.4 Å². The number of alkyl halides is 3. The van der Waals surface area contributed by atoms with Crippen LogP contribution in [-0.4, -0.2) is 50.7 Å². The SMILES string of the molecule is CCOC(=O)c1[nH]c(C)c(C(=O)COC(=O)c2cnn(-c3ccc(C(F)(F)F)cn3)c2C)c1C. The summed E-state index contributed by atoms with van der Waals surface area (Å²) in [5.41, 5.74) is 0.550. The van der Waals surface area contributed by atoms with Crippen LogP contribution in [0.3, 0.4) is 0 Å². The Morgan fingerprint density at radius 3 is 2.35 bits per heavy atom. The quantitative estimate of drug-likeness (QED) is 0.406. The molecule has 0 aliphatic rings. The van der Waals surface area contributed by atoms with E-state index in [9.17, 15) is 27.6 Å². The molecule has 3 aromatic rings. The van der Waals surface area contributed by atoms with Gasteiger partial charge in [-0.15, -0.1) is 0 Å². The minimum Gasteiger partial charge on any atom is -0.461 e. The van der Waals surface area contributed by atoms with Crippen LogP contribution in [0, 0.1) is 20.8 Å².